The normalized spacial score (nSPS) is 15.2. The van der Waals surface area contributed by atoms with Crippen LogP contribution in [0.2, 0.25) is 0 Å². The molecule has 1 aromatic carbocycles. The van der Waals surface area contributed by atoms with Crippen molar-refractivity contribution in [3.8, 4) is 0 Å². The van der Waals surface area contributed by atoms with E-state index in [-0.39, 0.29) is 17.9 Å². The van der Waals surface area contributed by atoms with E-state index in [1.165, 1.54) is 6.42 Å². The molecule has 0 atom stereocenters. The Morgan fingerprint density at radius 3 is 2.67 bits per heavy atom. The number of carbonyl (C=O) groups is 1. The van der Waals surface area contributed by atoms with Gasteiger partial charge in [0.2, 0.25) is 0 Å². The second-order valence-electron chi connectivity index (χ2n) is 4.58. The van der Waals surface area contributed by atoms with Crippen LogP contribution in [0.25, 0.3) is 0 Å². The second kappa shape index (κ2) is 5.27. The molecule has 1 fully saturated rings. The summed E-state index contributed by atoms with van der Waals surface area (Å²) in [5.41, 5.74) is 6.85. The van der Waals surface area contributed by atoms with Gasteiger partial charge in [-0.1, -0.05) is 0 Å². The summed E-state index contributed by atoms with van der Waals surface area (Å²) in [6, 6.07) is 5.42. The number of aliphatic hydroxyl groups is 1. The third-order valence-corrected chi connectivity index (χ3v) is 3.46. The maximum absolute atomic E-state index is 11.1. The van der Waals surface area contributed by atoms with Crippen molar-refractivity contribution in [2.75, 3.05) is 23.8 Å². The number of anilines is 2. The number of carboxylic acid groups (broad SMARTS) is 1. The molecule has 1 saturated carbocycles. The topological polar surface area (TPSA) is 86.8 Å². The molecule has 0 bridgehead atoms. The average molecular weight is 250 g/mol. The van der Waals surface area contributed by atoms with E-state index >= 15 is 0 Å². The van der Waals surface area contributed by atoms with Crippen molar-refractivity contribution >= 4 is 17.3 Å². The van der Waals surface area contributed by atoms with Gasteiger partial charge < -0.3 is 20.8 Å². The van der Waals surface area contributed by atoms with E-state index in [4.69, 9.17) is 15.9 Å². The summed E-state index contributed by atoms with van der Waals surface area (Å²) in [5, 5.41) is 18.2. The molecule has 0 spiro atoms. The fourth-order valence-electron chi connectivity index (χ4n) is 2.24. The Hall–Kier alpha value is -1.75. The highest BCUT2D eigenvalue weighted by atomic mass is 16.4. The Morgan fingerprint density at radius 2 is 2.17 bits per heavy atom. The maximum atomic E-state index is 11.1. The number of aliphatic hydroxyl groups excluding tert-OH is 1. The summed E-state index contributed by atoms with van der Waals surface area (Å²) in [6.45, 7) is 0.580. The molecule has 1 aliphatic carbocycles. The average Bonchev–Trinajstić information content (AvgIpc) is 2.26. The van der Waals surface area contributed by atoms with E-state index in [1.807, 2.05) is 6.07 Å². The highest BCUT2D eigenvalue weighted by molar-refractivity contribution is 5.94. The largest absolute Gasteiger partial charge is 0.478 e. The molecule has 2 rings (SSSR count). The summed E-state index contributed by atoms with van der Waals surface area (Å²) < 4.78 is 0. The van der Waals surface area contributed by atoms with Gasteiger partial charge in [-0.2, -0.15) is 0 Å². The third kappa shape index (κ3) is 2.41. The molecule has 0 saturated heterocycles. The second-order valence-corrected chi connectivity index (χ2v) is 4.58. The Labute approximate surface area is 106 Å². The third-order valence-electron chi connectivity index (χ3n) is 3.46. The van der Waals surface area contributed by atoms with Crippen LogP contribution in [0.15, 0.2) is 18.2 Å². The first-order chi connectivity index (χ1) is 8.63. The monoisotopic (exact) mass is 250 g/mol. The Balaban J connectivity index is 2.29. The number of rotatable bonds is 5. The van der Waals surface area contributed by atoms with Crippen molar-refractivity contribution in [3.63, 3.8) is 0 Å². The SMILES string of the molecule is Nc1ccc(N(CCO)C2CCC2)cc1C(=O)O. The highest BCUT2D eigenvalue weighted by Gasteiger charge is 2.25. The molecule has 0 heterocycles. The van der Waals surface area contributed by atoms with Gasteiger partial charge in [-0.05, 0) is 37.5 Å². The lowest BCUT2D eigenvalue weighted by Crippen LogP contribution is -2.42. The molecule has 5 nitrogen and oxygen atoms in total. The number of hydrogen-bond acceptors (Lipinski definition) is 4. The van der Waals surface area contributed by atoms with Crippen molar-refractivity contribution in [1.29, 1.82) is 0 Å². The first-order valence-electron chi connectivity index (χ1n) is 6.14. The van der Waals surface area contributed by atoms with E-state index in [1.54, 1.807) is 12.1 Å². The van der Waals surface area contributed by atoms with Crippen molar-refractivity contribution in [2.24, 2.45) is 0 Å². The molecule has 18 heavy (non-hydrogen) atoms. The van der Waals surface area contributed by atoms with Gasteiger partial charge in [0.05, 0.1) is 12.2 Å². The van der Waals surface area contributed by atoms with Crippen molar-refractivity contribution in [1.82, 2.24) is 0 Å². The minimum absolute atomic E-state index is 0.0588. The first-order valence-corrected chi connectivity index (χ1v) is 6.14. The number of nitrogens with two attached hydrogens (primary N) is 1. The van der Waals surface area contributed by atoms with E-state index in [0.717, 1.165) is 18.5 Å². The van der Waals surface area contributed by atoms with Crippen LogP contribution in [-0.2, 0) is 0 Å². The molecule has 4 N–H and O–H groups in total. The van der Waals surface area contributed by atoms with E-state index in [0.29, 0.717) is 12.6 Å². The van der Waals surface area contributed by atoms with E-state index in [2.05, 4.69) is 4.90 Å². The van der Waals surface area contributed by atoms with Gasteiger partial charge in [0.1, 0.15) is 0 Å². The van der Waals surface area contributed by atoms with Crippen molar-refractivity contribution in [2.45, 2.75) is 25.3 Å². The number of benzene rings is 1. The summed E-state index contributed by atoms with van der Waals surface area (Å²) in [6.07, 6.45) is 3.37. The summed E-state index contributed by atoms with van der Waals surface area (Å²) in [4.78, 5) is 13.1. The summed E-state index contributed by atoms with van der Waals surface area (Å²) in [5.74, 6) is -1.02. The Morgan fingerprint density at radius 1 is 1.44 bits per heavy atom. The first kappa shape index (κ1) is 12.7. The Kier molecular flexibility index (Phi) is 3.72. The smallest absolute Gasteiger partial charge is 0.337 e. The number of aromatic carboxylic acids is 1. The molecule has 0 radical (unpaired) electrons. The molecule has 5 heteroatoms. The fourth-order valence-corrected chi connectivity index (χ4v) is 2.24. The number of hydrogen-bond donors (Lipinski definition) is 3. The molecule has 1 aromatic rings. The van der Waals surface area contributed by atoms with Gasteiger partial charge in [0, 0.05) is 24.0 Å². The van der Waals surface area contributed by atoms with Gasteiger partial charge in [0.25, 0.3) is 0 Å². The van der Waals surface area contributed by atoms with E-state index < -0.39 is 5.97 Å². The summed E-state index contributed by atoms with van der Waals surface area (Å²) in [7, 11) is 0. The van der Waals surface area contributed by atoms with Gasteiger partial charge >= 0.3 is 5.97 Å². The van der Waals surface area contributed by atoms with Crippen LogP contribution in [-0.4, -0.2) is 35.4 Å². The maximum Gasteiger partial charge on any atom is 0.337 e. The van der Waals surface area contributed by atoms with Crippen LogP contribution >= 0.6 is 0 Å². The van der Waals surface area contributed by atoms with E-state index in [9.17, 15) is 4.79 Å². The molecule has 0 amide bonds. The predicted molar refractivity (Wildman–Crippen MR) is 69.9 cm³/mol. The molecular formula is C13H18N2O3. The summed E-state index contributed by atoms with van der Waals surface area (Å²) >= 11 is 0. The molecule has 1 aliphatic rings. The minimum atomic E-state index is -1.02. The Bertz CT molecular complexity index is 444. The van der Waals surface area contributed by atoms with Crippen LogP contribution in [0.3, 0.4) is 0 Å². The predicted octanol–water partition coefficient (Wildman–Crippen LogP) is 1.32. The molecule has 0 aliphatic heterocycles. The van der Waals surface area contributed by atoms with Gasteiger partial charge in [-0.3, -0.25) is 0 Å². The zero-order chi connectivity index (χ0) is 13.1. The quantitative estimate of drug-likeness (QED) is 0.686. The molecule has 0 unspecified atom stereocenters. The van der Waals surface area contributed by atoms with Gasteiger partial charge in [0.15, 0.2) is 0 Å². The molecular weight excluding hydrogens is 232 g/mol. The van der Waals surface area contributed by atoms with Gasteiger partial charge in [-0.15, -0.1) is 0 Å². The zero-order valence-electron chi connectivity index (χ0n) is 10.2. The standard InChI is InChI=1S/C13H18N2O3/c14-12-5-4-10(8-11(12)13(17)18)15(6-7-16)9-2-1-3-9/h4-5,8-9,16H,1-3,6-7,14H2,(H,17,18). The van der Waals surface area contributed by atoms with Crippen LogP contribution in [0, 0.1) is 0 Å². The zero-order valence-corrected chi connectivity index (χ0v) is 10.2. The highest BCUT2D eigenvalue weighted by Crippen LogP contribution is 2.30. The van der Waals surface area contributed by atoms with Gasteiger partial charge in [-0.25, -0.2) is 4.79 Å². The van der Waals surface area contributed by atoms with Crippen LogP contribution in [0.4, 0.5) is 11.4 Å². The molecule has 98 valence electrons. The van der Waals surface area contributed by atoms with Crippen LogP contribution in [0.1, 0.15) is 29.6 Å². The number of carboxylic acids is 1. The fraction of sp³-hybridized carbons (Fsp3) is 0.462. The van der Waals surface area contributed by atoms with Crippen molar-refractivity contribution < 1.29 is 15.0 Å². The lowest BCUT2D eigenvalue weighted by atomic mass is 9.91. The minimum Gasteiger partial charge on any atom is -0.478 e. The van der Waals surface area contributed by atoms with Crippen LogP contribution < -0.4 is 10.6 Å². The molecule has 0 aromatic heterocycles. The van der Waals surface area contributed by atoms with Crippen LogP contribution in [0.5, 0.6) is 0 Å². The number of nitrogen functional groups attached to an aromatic ring is 1. The van der Waals surface area contributed by atoms with Crippen molar-refractivity contribution in [3.05, 3.63) is 23.8 Å². The number of nitrogens with zero attached hydrogens (tertiary/aromatic N) is 1. The lowest BCUT2D eigenvalue weighted by molar-refractivity contribution is 0.0698. The lowest BCUT2D eigenvalue weighted by Gasteiger charge is -2.39.